The van der Waals surface area contributed by atoms with Crippen molar-refractivity contribution in [1.29, 1.82) is 0 Å². The third-order valence-electron chi connectivity index (χ3n) is 3.14. The van der Waals surface area contributed by atoms with Gasteiger partial charge in [0.25, 0.3) is 0 Å². The molecular weight excluding hydrogens is 260 g/mol. The Morgan fingerprint density at radius 2 is 2.17 bits per heavy atom. The van der Waals surface area contributed by atoms with E-state index in [1.54, 1.807) is 6.07 Å². The molecule has 1 heterocycles. The molecule has 1 aromatic rings. The lowest BCUT2D eigenvalue weighted by Gasteiger charge is -2.38. The predicted molar refractivity (Wildman–Crippen MR) is 65.8 cm³/mol. The van der Waals surface area contributed by atoms with Crippen LogP contribution in [0.25, 0.3) is 0 Å². The van der Waals surface area contributed by atoms with E-state index in [1.807, 2.05) is 18.2 Å². The van der Waals surface area contributed by atoms with Crippen molar-refractivity contribution in [3.05, 3.63) is 34.9 Å². The molecule has 1 aliphatic rings. The lowest BCUT2D eigenvalue weighted by Crippen LogP contribution is -2.52. The molecule has 0 unspecified atom stereocenters. The van der Waals surface area contributed by atoms with E-state index in [9.17, 15) is 13.6 Å². The van der Waals surface area contributed by atoms with Gasteiger partial charge in [-0.3, -0.25) is 4.79 Å². The highest BCUT2D eigenvalue weighted by molar-refractivity contribution is 6.30. The van der Waals surface area contributed by atoms with Gasteiger partial charge in [-0.25, -0.2) is 8.78 Å². The second kappa shape index (κ2) is 5.65. The van der Waals surface area contributed by atoms with Gasteiger partial charge in [-0.15, -0.1) is 0 Å². The summed E-state index contributed by atoms with van der Waals surface area (Å²) in [6, 6.07) is 7.32. The van der Waals surface area contributed by atoms with Gasteiger partial charge in [0.15, 0.2) is 0 Å². The molecule has 0 N–H and O–H groups in total. The standard InChI is InChI=1S/C13H14ClF2NO/c14-11-3-1-2-9(6-11)4-5-12(18)17-7-10(8-17)13(15)16/h1-3,6,10,13H,4-5,7-8H2. The van der Waals surface area contributed by atoms with E-state index >= 15 is 0 Å². The molecule has 5 heteroatoms. The highest BCUT2D eigenvalue weighted by Crippen LogP contribution is 2.23. The summed E-state index contributed by atoms with van der Waals surface area (Å²) in [5.74, 6) is -0.702. The molecule has 0 radical (unpaired) electrons. The van der Waals surface area contributed by atoms with Crippen molar-refractivity contribution in [1.82, 2.24) is 4.90 Å². The first-order valence-electron chi connectivity index (χ1n) is 5.86. The lowest BCUT2D eigenvalue weighted by atomic mass is 9.99. The fourth-order valence-electron chi connectivity index (χ4n) is 1.98. The Kier molecular flexibility index (Phi) is 4.17. The number of hydrogen-bond donors (Lipinski definition) is 0. The van der Waals surface area contributed by atoms with E-state index in [4.69, 9.17) is 11.6 Å². The first-order valence-corrected chi connectivity index (χ1v) is 6.24. The van der Waals surface area contributed by atoms with Crippen LogP contribution in [0.1, 0.15) is 12.0 Å². The molecule has 0 atom stereocenters. The summed E-state index contributed by atoms with van der Waals surface area (Å²) < 4.78 is 24.5. The third-order valence-corrected chi connectivity index (χ3v) is 3.37. The molecular formula is C13H14ClF2NO. The van der Waals surface area contributed by atoms with E-state index in [0.717, 1.165) is 5.56 Å². The van der Waals surface area contributed by atoms with Crippen molar-refractivity contribution in [3.63, 3.8) is 0 Å². The summed E-state index contributed by atoms with van der Waals surface area (Å²) in [5.41, 5.74) is 0.988. The SMILES string of the molecule is O=C(CCc1cccc(Cl)c1)N1CC(C(F)F)C1. The van der Waals surface area contributed by atoms with Gasteiger partial charge in [-0.05, 0) is 24.1 Å². The van der Waals surface area contributed by atoms with Crippen molar-refractivity contribution < 1.29 is 13.6 Å². The van der Waals surface area contributed by atoms with Gasteiger partial charge < -0.3 is 4.90 Å². The second-order valence-electron chi connectivity index (χ2n) is 4.52. The Hall–Kier alpha value is -1.16. The van der Waals surface area contributed by atoms with Crippen molar-refractivity contribution in [2.45, 2.75) is 19.3 Å². The Labute approximate surface area is 110 Å². The number of hydrogen-bond acceptors (Lipinski definition) is 1. The van der Waals surface area contributed by atoms with Crippen LogP contribution in [0.3, 0.4) is 0 Å². The minimum Gasteiger partial charge on any atom is -0.342 e. The molecule has 18 heavy (non-hydrogen) atoms. The molecule has 1 saturated heterocycles. The predicted octanol–water partition coefficient (Wildman–Crippen LogP) is 3.00. The van der Waals surface area contributed by atoms with Crippen molar-refractivity contribution in [3.8, 4) is 0 Å². The Balaban J connectivity index is 1.76. The van der Waals surface area contributed by atoms with E-state index in [2.05, 4.69) is 0 Å². The summed E-state index contributed by atoms with van der Waals surface area (Å²) in [4.78, 5) is 13.2. The molecule has 1 fully saturated rings. The second-order valence-corrected chi connectivity index (χ2v) is 4.96. The van der Waals surface area contributed by atoms with Gasteiger partial charge in [0.2, 0.25) is 12.3 Å². The van der Waals surface area contributed by atoms with Gasteiger partial charge in [-0.2, -0.15) is 0 Å². The van der Waals surface area contributed by atoms with Gasteiger partial charge in [0, 0.05) is 24.5 Å². The summed E-state index contributed by atoms with van der Waals surface area (Å²) in [6.07, 6.45) is -1.38. The third kappa shape index (κ3) is 3.19. The molecule has 2 rings (SSSR count). The average Bonchev–Trinajstić information content (AvgIpc) is 2.24. The summed E-state index contributed by atoms with van der Waals surface area (Å²) in [6.45, 7) is 0.373. The number of benzene rings is 1. The minimum absolute atomic E-state index is 0.0631. The Bertz CT molecular complexity index is 433. The van der Waals surface area contributed by atoms with Crippen molar-refractivity contribution in [2.75, 3.05) is 13.1 Å². The smallest absolute Gasteiger partial charge is 0.244 e. The first kappa shape index (κ1) is 13.3. The zero-order chi connectivity index (χ0) is 13.1. The van der Waals surface area contributed by atoms with Crippen LogP contribution in [0.4, 0.5) is 8.78 Å². The molecule has 98 valence electrons. The summed E-state index contributed by atoms with van der Waals surface area (Å²) in [5, 5.41) is 0.640. The largest absolute Gasteiger partial charge is 0.342 e. The van der Waals surface area contributed by atoms with E-state index < -0.39 is 12.3 Å². The molecule has 0 spiro atoms. The highest BCUT2D eigenvalue weighted by atomic mass is 35.5. The topological polar surface area (TPSA) is 20.3 Å². The number of likely N-dealkylation sites (tertiary alicyclic amines) is 1. The Morgan fingerprint density at radius 3 is 2.78 bits per heavy atom. The average molecular weight is 274 g/mol. The monoisotopic (exact) mass is 273 g/mol. The molecule has 2 nitrogen and oxygen atoms in total. The van der Waals surface area contributed by atoms with E-state index in [-0.39, 0.29) is 19.0 Å². The molecule has 0 aliphatic carbocycles. The van der Waals surface area contributed by atoms with Crippen LogP contribution in [0.15, 0.2) is 24.3 Å². The molecule has 0 saturated carbocycles. The van der Waals surface area contributed by atoms with Crippen LogP contribution in [0, 0.1) is 5.92 Å². The van der Waals surface area contributed by atoms with Crippen LogP contribution >= 0.6 is 11.6 Å². The fraction of sp³-hybridized carbons (Fsp3) is 0.462. The molecule has 1 aromatic carbocycles. The molecule has 1 aliphatic heterocycles. The molecule has 0 aromatic heterocycles. The van der Waals surface area contributed by atoms with Crippen molar-refractivity contribution in [2.24, 2.45) is 5.92 Å². The first-order chi connectivity index (χ1) is 8.56. The fourth-order valence-corrected chi connectivity index (χ4v) is 2.19. The number of amides is 1. The normalized spacial score (nSPS) is 15.9. The van der Waals surface area contributed by atoms with Crippen LogP contribution in [0.5, 0.6) is 0 Å². The number of carbonyl (C=O) groups excluding carboxylic acids is 1. The molecule has 0 bridgehead atoms. The number of carbonyl (C=O) groups is 1. The maximum atomic E-state index is 12.3. The minimum atomic E-state index is -2.32. The number of halogens is 3. The summed E-state index contributed by atoms with van der Waals surface area (Å²) in [7, 11) is 0. The summed E-state index contributed by atoms with van der Waals surface area (Å²) >= 11 is 5.84. The number of aryl methyl sites for hydroxylation is 1. The number of rotatable bonds is 4. The van der Waals surface area contributed by atoms with Crippen molar-refractivity contribution >= 4 is 17.5 Å². The van der Waals surface area contributed by atoms with Gasteiger partial charge >= 0.3 is 0 Å². The molecule has 1 amide bonds. The van der Waals surface area contributed by atoms with Gasteiger partial charge in [0.1, 0.15) is 0 Å². The van der Waals surface area contributed by atoms with Gasteiger partial charge in [-0.1, -0.05) is 23.7 Å². The van der Waals surface area contributed by atoms with Crippen LogP contribution < -0.4 is 0 Å². The maximum Gasteiger partial charge on any atom is 0.244 e. The Morgan fingerprint density at radius 1 is 1.44 bits per heavy atom. The van der Waals surface area contributed by atoms with Crippen LogP contribution in [-0.2, 0) is 11.2 Å². The highest BCUT2D eigenvalue weighted by Gasteiger charge is 2.36. The van der Waals surface area contributed by atoms with Gasteiger partial charge in [0.05, 0.1) is 5.92 Å². The number of nitrogens with zero attached hydrogens (tertiary/aromatic N) is 1. The zero-order valence-electron chi connectivity index (χ0n) is 9.78. The van der Waals surface area contributed by atoms with Crippen LogP contribution in [-0.4, -0.2) is 30.3 Å². The van der Waals surface area contributed by atoms with E-state index in [0.29, 0.717) is 17.9 Å². The lowest BCUT2D eigenvalue weighted by molar-refractivity contribution is -0.141. The number of alkyl halides is 2. The zero-order valence-corrected chi connectivity index (χ0v) is 10.5. The maximum absolute atomic E-state index is 12.3. The quantitative estimate of drug-likeness (QED) is 0.826. The van der Waals surface area contributed by atoms with Crippen LogP contribution in [0.2, 0.25) is 5.02 Å². The van der Waals surface area contributed by atoms with E-state index in [1.165, 1.54) is 4.90 Å².